The van der Waals surface area contributed by atoms with Gasteiger partial charge in [0.2, 0.25) is 11.8 Å². The molecule has 1 N–H and O–H groups in total. The summed E-state index contributed by atoms with van der Waals surface area (Å²) < 4.78 is 29.0. The molecule has 0 aliphatic heterocycles. The topological polar surface area (TPSA) is 86.8 Å². The number of hydrogen-bond acceptors (Lipinski definition) is 4. The molecule has 208 valence electrons. The monoisotopic (exact) mass is 549 g/mol. The van der Waals surface area contributed by atoms with E-state index in [1.165, 1.54) is 21.3 Å². The van der Waals surface area contributed by atoms with Crippen molar-refractivity contribution in [2.24, 2.45) is 0 Å². The molecule has 1 atom stereocenters. The third kappa shape index (κ3) is 7.69. The van der Waals surface area contributed by atoms with Gasteiger partial charge in [-0.05, 0) is 56.0 Å². The average molecular weight is 550 g/mol. The summed E-state index contributed by atoms with van der Waals surface area (Å²) in [6, 6.07) is 22.3. The predicted octanol–water partition coefficient (Wildman–Crippen LogP) is 5.09. The Morgan fingerprint density at radius 3 is 2.28 bits per heavy atom. The molecule has 3 aromatic rings. The Labute approximate surface area is 232 Å². The van der Waals surface area contributed by atoms with E-state index in [9.17, 15) is 18.0 Å². The number of benzene rings is 3. The van der Waals surface area contributed by atoms with Crippen LogP contribution in [-0.2, 0) is 32.6 Å². The first kappa shape index (κ1) is 29.9. The lowest BCUT2D eigenvalue weighted by Crippen LogP contribution is -2.51. The lowest BCUT2D eigenvalue weighted by molar-refractivity contribution is -0.139. The van der Waals surface area contributed by atoms with Crippen LogP contribution in [0.4, 0.5) is 5.69 Å². The van der Waals surface area contributed by atoms with Crippen LogP contribution in [-0.4, -0.2) is 44.3 Å². The number of hydrogen-bond donors (Lipinski definition) is 1. The summed E-state index contributed by atoms with van der Waals surface area (Å²) in [4.78, 5) is 28.6. The number of aryl methyl sites for hydroxylation is 2. The highest BCUT2D eigenvalue weighted by atomic mass is 32.2. The van der Waals surface area contributed by atoms with Gasteiger partial charge >= 0.3 is 0 Å². The van der Waals surface area contributed by atoms with E-state index >= 15 is 0 Å². The highest BCUT2D eigenvalue weighted by Crippen LogP contribution is 2.28. The van der Waals surface area contributed by atoms with Crippen LogP contribution in [0.15, 0.2) is 83.8 Å². The highest BCUT2D eigenvalue weighted by Gasteiger charge is 2.33. The van der Waals surface area contributed by atoms with Gasteiger partial charge in [-0.25, -0.2) is 8.42 Å². The summed E-state index contributed by atoms with van der Waals surface area (Å²) in [6.45, 7) is 7.89. The molecule has 8 heteroatoms. The molecule has 2 amide bonds. The lowest BCUT2D eigenvalue weighted by Gasteiger charge is -2.32. The number of sulfonamides is 1. The first-order chi connectivity index (χ1) is 18.7. The van der Waals surface area contributed by atoms with Crippen molar-refractivity contribution in [3.63, 3.8) is 0 Å². The van der Waals surface area contributed by atoms with Crippen LogP contribution >= 0.6 is 0 Å². The largest absolute Gasteiger partial charge is 0.354 e. The molecular weight excluding hydrogens is 510 g/mol. The second-order valence-corrected chi connectivity index (χ2v) is 11.5. The number of nitrogens with one attached hydrogen (secondary N) is 1. The summed E-state index contributed by atoms with van der Waals surface area (Å²) >= 11 is 0. The molecule has 0 saturated carbocycles. The van der Waals surface area contributed by atoms with Crippen molar-refractivity contribution in [1.29, 1.82) is 0 Å². The van der Waals surface area contributed by atoms with Crippen LogP contribution in [0.2, 0.25) is 0 Å². The SMILES string of the molecule is CCCCNC(=O)[C@H](C)N(Cc1cccc(C)c1)C(=O)CN(c1ccccc1CC)S(=O)(=O)c1ccccc1. The predicted molar refractivity (Wildman–Crippen MR) is 156 cm³/mol. The number of anilines is 1. The van der Waals surface area contributed by atoms with Crippen molar-refractivity contribution in [2.75, 3.05) is 17.4 Å². The van der Waals surface area contributed by atoms with Crippen LogP contribution in [0.3, 0.4) is 0 Å². The number of nitrogens with zero attached hydrogens (tertiary/aromatic N) is 2. The third-order valence-electron chi connectivity index (χ3n) is 6.68. The first-order valence-electron chi connectivity index (χ1n) is 13.5. The summed E-state index contributed by atoms with van der Waals surface area (Å²) in [5.41, 5.74) is 3.15. The van der Waals surface area contributed by atoms with Crippen molar-refractivity contribution in [1.82, 2.24) is 10.2 Å². The van der Waals surface area contributed by atoms with E-state index in [0.29, 0.717) is 18.7 Å². The van der Waals surface area contributed by atoms with Crippen LogP contribution in [0.25, 0.3) is 0 Å². The van der Waals surface area contributed by atoms with Gasteiger partial charge in [-0.3, -0.25) is 13.9 Å². The summed E-state index contributed by atoms with van der Waals surface area (Å²) in [6.07, 6.45) is 2.36. The van der Waals surface area contributed by atoms with Crippen molar-refractivity contribution in [3.8, 4) is 0 Å². The Balaban J connectivity index is 2.02. The maximum atomic E-state index is 14.0. The van der Waals surface area contributed by atoms with Crippen LogP contribution < -0.4 is 9.62 Å². The Kier molecular flexibility index (Phi) is 10.7. The van der Waals surface area contributed by atoms with E-state index < -0.39 is 28.5 Å². The molecule has 3 rings (SSSR count). The fourth-order valence-electron chi connectivity index (χ4n) is 4.41. The third-order valence-corrected chi connectivity index (χ3v) is 8.46. The smallest absolute Gasteiger partial charge is 0.264 e. The van der Waals surface area contributed by atoms with Gasteiger partial charge < -0.3 is 10.2 Å². The van der Waals surface area contributed by atoms with Crippen molar-refractivity contribution in [3.05, 3.63) is 95.6 Å². The number of carbonyl (C=O) groups is 2. The van der Waals surface area contributed by atoms with Crippen molar-refractivity contribution < 1.29 is 18.0 Å². The zero-order valence-corrected chi connectivity index (χ0v) is 24.1. The first-order valence-corrected chi connectivity index (χ1v) is 14.9. The maximum absolute atomic E-state index is 14.0. The number of carbonyl (C=O) groups excluding carboxylic acids is 2. The molecule has 0 aliphatic carbocycles. The van der Waals surface area contributed by atoms with Gasteiger partial charge in [0.1, 0.15) is 12.6 Å². The van der Waals surface area contributed by atoms with Gasteiger partial charge in [0.05, 0.1) is 10.6 Å². The fourth-order valence-corrected chi connectivity index (χ4v) is 5.89. The van der Waals surface area contributed by atoms with Crippen molar-refractivity contribution in [2.45, 2.75) is 64.4 Å². The lowest BCUT2D eigenvalue weighted by atomic mass is 10.1. The Bertz CT molecular complexity index is 1360. The Morgan fingerprint density at radius 1 is 0.923 bits per heavy atom. The minimum atomic E-state index is -4.07. The van der Waals surface area contributed by atoms with E-state index in [4.69, 9.17) is 0 Å². The molecule has 7 nitrogen and oxygen atoms in total. The summed E-state index contributed by atoms with van der Waals surface area (Å²) in [5.74, 6) is -0.726. The normalized spacial score (nSPS) is 12.0. The molecule has 0 aliphatic rings. The number of amides is 2. The molecule has 0 fully saturated rings. The summed E-state index contributed by atoms with van der Waals surface area (Å²) in [5, 5.41) is 2.91. The zero-order valence-electron chi connectivity index (χ0n) is 23.3. The molecule has 0 saturated heterocycles. The van der Waals surface area contributed by atoms with Gasteiger partial charge in [-0.1, -0.05) is 86.5 Å². The van der Waals surface area contributed by atoms with Crippen LogP contribution in [0, 0.1) is 6.92 Å². The van der Waals surface area contributed by atoms with E-state index in [1.807, 2.05) is 57.2 Å². The standard InChI is InChI=1S/C31H39N3O4S/c1-5-7-20-32-31(36)25(4)33(22-26-15-13-14-24(3)21-26)30(35)23-34(29-19-12-11-16-27(29)6-2)39(37,38)28-17-9-8-10-18-28/h8-19,21,25H,5-7,20,22-23H2,1-4H3,(H,32,36)/t25-/m0/s1. The molecule has 0 bridgehead atoms. The number of unbranched alkanes of at least 4 members (excludes halogenated alkanes) is 1. The second kappa shape index (κ2) is 13.9. The van der Waals surface area contributed by atoms with E-state index in [2.05, 4.69) is 5.32 Å². The van der Waals surface area contributed by atoms with Crippen LogP contribution in [0.1, 0.15) is 50.3 Å². The molecule has 0 radical (unpaired) electrons. The highest BCUT2D eigenvalue weighted by molar-refractivity contribution is 7.92. The molecule has 0 unspecified atom stereocenters. The van der Waals surface area contributed by atoms with Gasteiger partial charge in [0.15, 0.2) is 0 Å². The number of para-hydroxylation sites is 1. The van der Waals surface area contributed by atoms with Gasteiger partial charge in [0.25, 0.3) is 10.0 Å². The summed E-state index contributed by atoms with van der Waals surface area (Å²) in [7, 11) is -4.07. The van der Waals surface area contributed by atoms with Gasteiger partial charge in [-0.15, -0.1) is 0 Å². The van der Waals surface area contributed by atoms with E-state index in [0.717, 1.165) is 29.5 Å². The minimum absolute atomic E-state index is 0.0966. The minimum Gasteiger partial charge on any atom is -0.354 e. The second-order valence-electron chi connectivity index (χ2n) is 9.64. The Morgan fingerprint density at radius 2 is 1.62 bits per heavy atom. The molecule has 0 aromatic heterocycles. The molecule has 0 heterocycles. The molecule has 39 heavy (non-hydrogen) atoms. The molecule has 0 spiro atoms. The Hall–Kier alpha value is -3.65. The average Bonchev–Trinajstić information content (AvgIpc) is 2.94. The quantitative estimate of drug-likeness (QED) is 0.301. The fraction of sp³-hybridized carbons (Fsp3) is 0.355. The van der Waals surface area contributed by atoms with E-state index in [1.54, 1.807) is 37.3 Å². The van der Waals surface area contributed by atoms with Gasteiger partial charge in [0, 0.05) is 13.1 Å². The van der Waals surface area contributed by atoms with Gasteiger partial charge in [-0.2, -0.15) is 0 Å². The zero-order chi connectivity index (χ0) is 28.4. The van der Waals surface area contributed by atoms with E-state index in [-0.39, 0.29) is 17.3 Å². The molecular formula is C31H39N3O4S. The van der Waals surface area contributed by atoms with Crippen molar-refractivity contribution >= 4 is 27.5 Å². The number of rotatable bonds is 13. The molecule has 3 aromatic carbocycles. The maximum Gasteiger partial charge on any atom is 0.264 e. The van der Waals surface area contributed by atoms with Crippen LogP contribution in [0.5, 0.6) is 0 Å².